The molecule has 2 N–H and O–H groups in total. The van der Waals surface area contributed by atoms with Crippen molar-refractivity contribution in [3.05, 3.63) is 82.2 Å². The summed E-state index contributed by atoms with van der Waals surface area (Å²) in [5.74, 6) is 0. The van der Waals surface area contributed by atoms with Gasteiger partial charge in [0, 0.05) is 4.91 Å². The first-order chi connectivity index (χ1) is 15.4. The maximum Gasteiger partial charge on any atom is 0.397 e. The summed E-state index contributed by atoms with van der Waals surface area (Å²) in [5, 5.41) is 14.0. The van der Waals surface area contributed by atoms with E-state index in [1.165, 1.54) is 0 Å². The van der Waals surface area contributed by atoms with Crippen molar-refractivity contribution in [1.29, 1.82) is 0 Å². The lowest BCUT2D eigenvalue weighted by Gasteiger charge is -2.43. The lowest BCUT2D eigenvalue weighted by atomic mass is 9.97. The fraction of sp³-hybridized carbons (Fsp3) is 0.400. The second-order valence-electron chi connectivity index (χ2n) is 7.00. The molecule has 0 bridgehead atoms. The Hall–Kier alpha value is -2.54. The van der Waals surface area contributed by atoms with Gasteiger partial charge < -0.3 is 19.3 Å². The summed E-state index contributed by atoms with van der Waals surface area (Å²) in [6.45, 7) is -0.447. The third-order valence-corrected chi connectivity index (χ3v) is 5.20. The van der Waals surface area contributed by atoms with E-state index in [1.54, 1.807) is 0 Å². The highest BCUT2D eigenvalue weighted by molar-refractivity contribution is 7.80. The van der Waals surface area contributed by atoms with E-state index in [-0.39, 0.29) is 13.2 Å². The Balaban J connectivity index is 1.85. The lowest BCUT2D eigenvalue weighted by molar-refractivity contribution is -0.269. The third-order valence-electron chi connectivity index (χ3n) is 4.77. The fourth-order valence-electron chi connectivity index (χ4n) is 3.30. The molecular formula is C20H23N3O8S. The van der Waals surface area contributed by atoms with Crippen molar-refractivity contribution in [2.24, 2.45) is 5.11 Å². The van der Waals surface area contributed by atoms with Gasteiger partial charge in [0.05, 0.1) is 19.8 Å². The maximum atomic E-state index is 11.1. The standard InChI is InChI=1S/C20H23N3O8S/c21-23-22-17-19(29-12-15-9-5-2-6-10-15)18(28-11-14-7-3-1-4-8-14)16(31-20(17)24)13-30-32(25,26)27/h1-10,16-20,24H,11-13H2,(H,25,26,27)/t16-,17-,18-,19-,20+/m1/s1. The summed E-state index contributed by atoms with van der Waals surface area (Å²) in [4.78, 5) is 2.76. The molecule has 0 amide bonds. The first-order valence-electron chi connectivity index (χ1n) is 9.68. The fourth-order valence-corrected chi connectivity index (χ4v) is 3.61. The number of azide groups is 1. The molecule has 12 heteroatoms. The van der Waals surface area contributed by atoms with Gasteiger partial charge in [0.25, 0.3) is 0 Å². The first kappa shape index (κ1) is 24.1. The van der Waals surface area contributed by atoms with Crippen molar-refractivity contribution in [2.75, 3.05) is 6.61 Å². The molecule has 3 rings (SSSR count). The second-order valence-corrected chi connectivity index (χ2v) is 8.09. The molecule has 2 aromatic carbocycles. The molecule has 0 radical (unpaired) electrons. The van der Waals surface area contributed by atoms with E-state index in [1.807, 2.05) is 60.7 Å². The zero-order valence-electron chi connectivity index (χ0n) is 16.9. The minimum absolute atomic E-state index is 0.0987. The number of benzene rings is 2. The van der Waals surface area contributed by atoms with E-state index >= 15 is 0 Å². The number of aliphatic hydroxyl groups excluding tert-OH is 1. The van der Waals surface area contributed by atoms with Gasteiger partial charge in [-0.1, -0.05) is 65.8 Å². The highest BCUT2D eigenvalue weighted by atomic mass is 32.3. The minimum Gasteiger partial charge on any atom is -0.370 e. The Morgan fingerprint density at radius 2 is 1.50 bits per heavy atom. The Labute approximate surface area is 185 Å². The van der Waals surface area contributed by atoms with Gasteiger partial charge >= 0.3 is 10.4 Å². The summed E-state index contributed by atoms with van der Waals surface area (Å²) in [7, 11) is -4.77. The van der Waals surface area contributed by atoms with Gasteiger partial charge in [-0.3, -0.25) is 4.55 Å². The van der Waals surface area contributed by atoms with Crippen LogP contribution >= 0.6 is 0 Å². The average molecular weight is 465 g/mol. The highest BCUT2D eigenvalue weighted by Crippen LogP contribution is 2.29. The number of hydrogen-bond donors (Lipinski definition) is 2. The molecule has 5 atom stereocenters. The van der Waals surface area contributed by atoms with Crippen molar-refractivity contribution in [3.63, 3.8) is 0 Å². The van der Waals surface area contributed by atoms with E-state index in [0.717, 1.165) is 11.1 Å². The van der Waals surface area contributed by atoms with Crippen molar-refractivity contribution in [1.82, 2.24) is 0 Å². The molecule has 32 heavy (non-hydrogen) atoms. The van der Waals surface area contributed by atoms with E-state index in [2.05, 4.69) is 14.2 Å². The number of aliphatic hydroxyl groups is 1. The van der Waals surface area contributed by atoms with Gasteiger partial charge in [-0.05, 0) is 16.7 Å². The predicted octanol–water partition coefficient (Wildman–Crippen LogP) is 2.37. The summed E-state index contributed by atoms with van der Waals surface area (Å²) >= 11 is 0. The van der Waals surface area contributed by atoms with Crippen LogP contribution in [0.3, 0.4) is 0 Å². The molecule has 0 saturated carbocycles. The van der Waals surface area contributed by atoms with Crippen LogP contribution in [-0.4, -0.2) is 55.3 Å². The molecule has 2 aromatic rings. The summed E-state index contributed by atoms with van der Waals surface area (Å²) in [6, 6.07) is 17.1. The smallest absolute Gasteiger partial charge is 0.370 e. The highest BCUT2D eigenvalue weighted by Gasteiger charge is 2.47. The van der Waals surface area contributed by atoms with Crippen LogP contribution < -0.4 is 0 Å². The Bertz CT molecular complexity index is 1000. The number of hydrogen-bond acceptors (Lipinski definition) is 8. The zero-order chi connectivity index (χ0) is 23.0. The molecule has 0 spiro atoms. The molecule has 0 aromatic heterocycles. The van der Waals surface area contributed by atoms with Crippen LogP contribution in [0.25, 0.3) is 10.4 Å². The minimum atomic E-state index is -4.77. The molecular weight excluding hydrogens is 442 g/mol. The van der Waals surface area contributed by atoms with Gasteiger partial charge in [0.1, 0.15) is 24.4 Å². The Kier molecular flexibility index (Phi) is 8.56. The molecule has 1 saturated heterocycles. The van der Waals surface area contributed by atoms with Crippen LogP contribution in [0.5, 0.6) is 0 Å². The lowest BCUT2D eigenvalue weighted by Crippen LogP contribution is -2.59. The van der Waals surface area contributed by atoms with Crippen LogP contribution in [0.15, 0.2) is 65.8 Å². The van der Waals surface area contributed by atoms with E-state index in [0.29, 0.717) is 0 Å². The van der Waals surface area contributed by atoms with E-state index in [9.17, 15) is 13.5 Å². The quantitative estimate of drug-likeness (QED) is 0.234. The summed E-state index contributed by atoms with van der Waals surface area (Å²) in [6.07, 6.45) is -4.77. The topological polar surface area (TPSA) is 160 Å². The van der Waals surface area contributed by atoms with Gasteiger partial charge in [0.2, 0.25) is 0 Å². The van der Waals surface area contributed by atoms with Crippen LogP contribution in [0, 0.1) is 0 Å². The normalized spacial score (nSPS) is 25.8. The molecule has 0 aliphatic carbocycles. The van der Waals surface area contributed by atoms with E-state index < -0.39 is 47.6 Å². The number of rotatable bonds is 10. The largest absolute Gasteiger partial charge is 0.397 e. The van der Waals surface area contributed by atoms with E-state index in [4.69, 9.17) is 24.3 Å². The van der Waals surface area contributed by atoms with Crippen LogP contribution in [0.4, 0.5) is 0 Å². The molecule has 11 nitrogen and oxygen atoms in total. The van der Waals surface area contributed by atoms with Crippen LogP contribution in [0.2, 0.25) is 0 Å². The van der Waals surface area contributed by atoms with Gasteiger partial charge in [0.15, 0.2) is 6.29 Å². The monoisotopic (exact) mass is 465 g/mol. The average Bonchev–Trinajstić information content (AvgIpc) is 2.78. The van der Waals surface area contributed by atoms with Crippen molar-refractivity contribution >= 4 is 10.4 Å². The molecule has 0 unspecified atom stereocenters. The SMILES string of the molecule is [N-]=[N+]=N[C@@H]1[C@@H](OCc2ccccc2)[C@H](OCc2ccccc2)[C@@H](COS(=O)(=O)O)O[C@@H]1O. The number of nitrogens with zero attached hydrogens (tertiary/aromatic N) is 3. The van der Waals surface area contributed by atoms with Crippen molar-refractivity contribution in [2.45, 2.75) is 43.9 Å². The number of ether oxygens (including phenoxy) is 3. The van der Waals surface area contributed by atoms with Crippen LogP contribution in [-0.2, 0) is 42.0 Å². The zero-order valence-corrected chi connectivity index (χ0v) is 17.7. The predicted molar refractivity (Wildman–Crippen MR) is 111 cm³/mol. The van der Waals surface area contributed by atoms with Crippen molar-refractivity contribution < 1.29 is 36.5 Å². The Morgan fingerprint density at radius 3 is 2.00 bits per heavy atom. The molecule has 1 fully saturated rings. The van der Waals surface area contributed by atoms with Gasteiger partial charge in [-0.2, -0.15) is 8.42 Å². The summed E-state index contributed by atoms with van der Waals surface area (Å²) < 4.78 is 52.9. The first-order valence-corrected chi connectivity index (χ1v) is 11.0. The second kappa shape index (κ2) is 11.4. The third kappa shape index (κ3) is 6.99. The molecule has 1 aliphatic heterocycles. The van der Waals surface area contributed by atoms with Gasteiger partial charge in [-0.25, -0.2) is 4.18 Å². The molecule has 1 heterocycles. The van der Waals surface area contributed by atoms with Crippen LogP contribution in [0.1, 0.15) is 11.1 Å². The molecule has 172 valence electrons. The van der Waals surface area contributed by atoms with Crippen molar-refractivity contribution in [3.8, 4) is 0 Å². The van der Waals surface area contributed by atoms with Gasteiger partial charge in [-0.15, -0.1) is 0 Å². The molecule has 1 aliphatic rings. The maximum absolute atomic E-state index is 11.1. The Morgan fingerprint density at radius 1 is 0.969 bits per heavy atom. The summed E-state index contributed by atoms with van der Waals surface area (Å²) in [5.41, 5.74) is 10.6.